The van der Waals surface area contributed by atoms with E-state index in [4.69, 9.17) is 9.47 Å². The maximum absolute atomic E-state index is 13.2. The first kappa shape index (κ1) is 23.9. The Morgan fingerprint density at radius 1 is 1.09 bits per heavy atom. The minimum Gasteiger partial charge on any atom is -0.462 e. The smallest absolute Gasteiger partial charge is 0.338 e. The van der Waals surface area contributed by atoms with Crippen molar-refractivity contribution in [1.29, 1.82) is 0 Å². The van der Waals surface area contributed by atoms with Crippen molar-refractivity contribution in [1.82, 2.24) is 9.13 Å². The number of nitrogens with one attached hydrogen (secondary N) is 1. The maximum atomic E-state index is 13.2. The number of benzene rings is 1. The Labute approximate surface area is 199 Å². The lowest BCUT2D eigenvalue weighted by molar-refractivity contribution is -0.116. The molecular formula is C24H27N3O6S. The number of hydrogen-bond donors (Lipinski definition) is 1. The summed E-state index contributed by atoms with van der Waals surface area (Å²) in [6.07, 6.45) is 3.72. The van der Waals surface area contributed by atoms with Gasteiger partial charge in [-0.05, 0) is 62.4 Å². The molecule has 0 fully saturated rings. The molecule has 3 aromatic rings. The molecule has 2 heterocycles. The molecule has 4 rings (SSSR count). The van der Waals surface area contributed by atoms with Gasteiger partial charge in [-0.25, -0.2) is 9.59 Å². The van der Waals surface area contributed by atoms with Crippen molar-refractivity contribution in [3.05, 3.63) is 61.1 Å². The van der Waals surface area contributed by atoms with E-state index in [1.165, 1.54) is 23.0 Å². The molecule has 0 aliphatic heterocycles. The lowest BCUT2D eigenvalue weighted by Gasteiger charge is -2.13. The van der Waals surface area contributed by atoms with Crippen molar-refractivity contribution in [2.24, 2.45) is 0 Å². The lowest BCUT2D eigenvalue weighted by Crippen LogP contribution is -2.42. The van der Waals surface area contributed by atoms with Crippen LogP contribution < -0.4 is 16.6 Å². The Morgan fingerprint density at radius 3 is 2.53 bits per heavy atom. The van der Waals surface area contributed by atoms with Crippen molar-refractivity contribution in [2.45, 2.75) is 45.7 Å². The summed E-state index contributed by atoms with van der Waals surface area (Å²) in [5.74, 6) is -0.843. The Hall–Kier alpha value is -3.24. The highest BCUT2D eigenvalue weighted by atomic mass is 32.1. The Balaban J connectivity index is 1.66. The third-order valence-electron chi connectivity index (χ3n) is 5.82. The number of thiophene rings is 1. The molecule has 2 aromatic heterocycles. The van der Waals surface area contributed by atoms with Gasteiger partial charge in [0.1, 0.15) is 11.4 Å². The molecule has 1 N–H and O–H groups in total. The standard InChI is InChI=1S/C24H27N3O6S/c1-3-33-23(30)15-8-10-16(11-9-15)25-19(28)14-27-22-20(17-6-4-5-7-18(17)34-22)21(29)26(24(27)31)12-13-32-2/h8-11H,3-7,12-14H2,1-2H3,(H,25,28). The van der Waals surface area contributed by atoms with Crippen molar-refractivity contribution in [3.8, 4) is 0 Å². The fraction of sp³-hybridized carbons (Fsp3) is 0.417. The summed E-state index contributed by atoms with van der Waals surface area (Å²) >= 11 is 1.43. The number of ether oxygens (including phenoxy) is 2. The van der Waals surface area contributed by atoms with Gasteiger partial charge in [-0.3, -0.25) is 18.7 Å². The van der Waals surface area contributed by atoms with Crippen LogP contribution in [-0.2, 0) is 40.2 Å². The quantitative estimate of drug-likeness (QED) is 0.491. The second-order valence-corrected chi connectivity index (χ2v) is 9.14. The number of hydrogen-bond acceptors (Lipinski definition) is 7. The minimum atomic E-state index is -0.527. The number of fused-ring (bicyclic) bond motifs is 3. The number of anilines is 1. The lowest BCUT2D eigenvalue weighted by atomic mass is 9.97. The maximum Gasteiger partial charge on any atom is 0.338 e. The predicted octanol–water partition coefficient (Wildman–Crippen LogP) is 2.57. The fourth-order valence-electron chi connectivity index (χ4n) is 4.18. The molecule has 0 saturated carbocycles. The molecule has 1 aliphatic rings. The summed E-state index contributed by atoms with van der Waals surface area (Å²) in [6, 6.07) is 6.34. The van der Waals surface area contributed by atoms with Crippen LogP contribution in [0.4, 0.5) is 5.69 Å². The third kappa shape index (κ3) is 4.69. The Morgan fingerprint density at radius 2 is 1.82 bits per heavy atom. The molecule has 1 amide bonds. The van der Waals surface area contributed by atoms with Gasteiger partial charge in [0.05, 0.1) is 30.7 Å². The highest BCUT2D eigenvalue weighted by Crippen LogP contribution is 2.34. The van der Waals surface area contributed by atoms with E-state index in [1.807, 2.05) is 0 Å². The Bertz CT molecular complexity index is 1340. The average molecular weight is 486 g/mol. The first-order valence-electron chi connectivity index (χ1n) is 11.3. The van der Waals surface area contributed by atoms with Crippen molar-refractivity contribution in [3.63, 3.8) is 0 Å². The first-order chi connectivity index (χ1) is 16.4. The van der Waals surface area contributed by atoms with Gasteiger partial charge in [0, 0.05) is 17.7 Å². The van der Waals surface area contributed by atoms with Gasteiger partial charge in [-0.2, -0.15) is 0 Å². The van der Waals surface area contributed by atoms with Crippen LogP contribution >= 0.6 is 11.3 Å². The molecule has 0 saturated heterocycles. The average Bonchev–Trinajstić information content (AvgIpc) is 3.22. The fourth-order valence-corrected chi connectivity index (χ4v) is 5.56. The number of rotatable bonds is 8. The minimum absolute atomic E-state index is 0.117. The SMILES string of the molecule is CCOC(=O)c1ccc(NC(=O)Cn2c(=O)n(CCOC)c(=O)c3c4c(sc32)CCCC4)cc1. The van der Waals surface area contributed by atoms with Crippen LogP contribution in [0.2, 0.25) is 0 Å². The molecule has 1 aromatic carbocycles. The van der Waals surface area contributed by atoms with Crippen LogP contribution in [0.5, 0.6) is 0 Å². The number of carbonyl (C=O) groups is 2. The number of aryl methyl sites for hydroxylation is 2. The van der Waals surface area contributed by atoms with Crippen LogP contribution in [0.15, 0.2) is 33.9 Å². The van der Waals surface area contributed by atoms with Gasteiger partial charge >= 0.3 is 11.7 Å². The van der Waals surface area contributed by atoms with Crippen LogP contribution in [0.25, 0.3) is 10.2 Å². The molecule has 10 heteroatoms. The van der Waals surface area contributed by atoms with Crippen molar-refractivity contribution in [2.75, 3.05) is 25.6 Å². The van der Waals surface area contributed by atoms with E-state index in [9.17, 15) is 19.2 Å². The first-order valence-corrected chi connectivity index (χ1v) is 12.1. The second-order valence-electron chi connectivity index (χ2n) is 8.06. The van der Waals surface area contributed by atoms with E-state index in [0.29, 0.717) is 21.5 Å². The summed E-state index contributed by atoms with van der Waals surface area (Å²) in [6.45, 7) is 2.10. The zero-order valence-corrected chi connectivity index (χ0v) is 20.0. The summed E-state index contributed by atoms with van der Waals surface area (Å²) < 4.78 is 12.6. The highest BCUT2D eigenvalue weighted by molar-refractivity contribution is 7.18. The summed E-state index contributed by atoms with van der Waals surface area (Å²) in [5.41, 5.74) is 1.03. The summed E-state index contributed by atoms with van der Waals surface area (Å²) in [7, 11) is 1.51. The highest BCUT2D eigenvalue weighted by Gasteiger charge is 2.24. The molecular weight excluding hydrogens is 458 g/mol. The van der Waals surface area contributed by atoms with Gasteiger partial charge in [-0.15, -0.1) is 11.3 Å². The topological polar surface area (TPSA) is 109 Å². The summed E-state index contributed by atoms with van der Waals surface area (Å²) in [5, 5.41) is 3.30. The van der Waals surface area contributed by atoms with Crippen LogP contribution in [0.3, 0.4) is 0 Å². The molecule has 1 aliphatic carbocycles. The predicted molar refractivity (Wildman–Crippen MR) is 130 cm³/mol. The van der Waals surface area contributed by atoms with E-state index in [0.717, 1.165) is 40.7 Å². The number of aromatic nitrogens is 2. The van der Waals surface area contributed by atoms with E-state index in [1.54, 1.807) is 31.2 Å². The molecule has 0 spiro atoms. The molecule has 0 unspecified atom stereocenters. The van der Waals surface area contributed by atoms with Gasteiger partial charge in [0.15, 0.2) is 0 Å². The monoisotopic (exact) mass is 485 g/mol. The normalized spacial score (nSPS) is 13.0. The summed E-state index contributed by atoms with van der Waals surface area (Å²) in [4.78, 5) is 52.8. The zero-order valence-electron chi connectivity index (χ0n) is 19.2. The number of carbonyl (C=O) groups excluding carboxylic acids is 2. The number of methoxy groups -OCH3 is 1. The van der Waals surface area contributed by atoms with E-state index in [2.05, 4.69) is 5.32 Å². The van der Waals surface area contributed by atoms with Gasteiger partial charge in [-0.1, -0.05) is 0 Å². The van der Waals surface area contributed by atoms with E-state index in [-0.39, 0.29) is 31.9 Å². The molecule has 0 radical (unpaired) electrons. The molecule has 34 heavy (non-hydrogen) atoms. The number of amides is 1. The second kappa shape index (κ2) is 10.4. The van der Waals surface area contributed by atoms with E-state index < -0.39 is 17.6 Å². The molecule has 180 valence electrons. The number of nitrogens with zero attached hydrogens (tertiary/aromatic N) is 2. The Kier molecular flexibility index (Phi) is 7.28. The number of esters is 1. The molecule has 9 nitrogen and oxygen atoms in total. The van der Waals surface area contributed by atoms with Crippen LogP contribution in [0.1, 0.15) is 40.6 Å². The van der Waals surface area contributed by atoms with Crippen LogP contribution in [-0.4, -0.2) is 41.3 Å². The third-order valence-corrected chi connectivity index (χ3v) is 7.13. The van der Waals surface area contributed by atoms with Crippen molar-refractivity contribution < 1.29 is 19.1 Å². The van der Waals surface area contributed by atoms with Gasteiger partial charge < -0.3 is 14.8 Å². The van der Waals surface area contributed by atoms with Crippen molar-refractivity contribution >= 4 is 39.1 Å². The van der Waals surface area contributed by atoms with Crippen LogP contribution in [0, 0.1) is 0 Å². The van der Waals surface area contributed by atoms with Gasteiger partial charge in [0.2, 0.25) is 5.91 Å². The van der Waals surface area contributed by atoms with Gasteiger partial charge in [0.25, 0.3) is 5.56 Å². The molecule has 0 atom stereocenters. The molecule has 0 bridgehead atoms. The van der Waals surface area contributed by atoms with E-state index >= 15 is 0 Å². The zero-order chi connectivity index (χ0) is 24.2. The largest absolute Gasteiger partial charge is 0.462 e.